The molecule has 2 aliphatic rings. The van der Waals surface area contributed by atoms with Crippen LogP contribution in [-0.4, -0.2) is 39.9 Å². The van der Waals surface area contributed by atoms with E-state index in [-0.39, 0.29) is 5.92 Å². The van der Waals surface area contributed by atoms with Gasteiger partial charge in [0.15, 0.2) is 0 Å². The van der Waals surface area contributed by atoms with Gasteiger partial charge in [-0.1, -0.05) is 6.07 Å². The molecule has 3 heterocycles. The van der Waals surface area contributed by atoms with Crippen molar-refractivity contribution in [3.05, 3.63) is 41.0 Å². The van der Waals surface area contributed by atoms with Gasteiger partial charge in [0.05, 0.1) is 18.7 Å². The van der Waals surface area contributed by atoms with Crippen LogP contribution in [0, 0.1) is 5.92 Å². The van der Waals surface area contributed by atoms with Crippen molar-refractivity contribution in [1.29, 1.82) is 0 Å². The molecule has 0 radical (unpaired) electrons. The van der Waals surface area contributed by atoms with Gasteiger partial charge in [0.2, 0.25) is 5.91 Å². The van der Waals surface area contributed by atoms with Gasteiger partial charge in [-0.05, 0) is 37.1 Å². The number of rotatable bonds is 5. The first-order chi connectivity index (χ1) is 11.8. The van der Waals surface area contributed by atoms with Crippen molar-refractivity contribution < 1.29 is 4.79 Å². The number of hydrogen-bond acceptors (Lipinski definition) is 5. The van der Waals surface area contributed by atoms with Crippen molar-refractivity contribution in [2.24, 2.45) is 5.92 Å². The first kappa shape index (κ1) is 15.6. The molecule has 6 heteroatoms. The van der Waals surface area contributed by atoms with Gasteiger partial charge in [-0.2, -0.15) is 0 Å². The molecule has 0 unspecified atom stereocenters. The fourth-order valence-electron chi connectivity index (χ4n) is 3.42. The third kappa shape index (κ3) is 3.43. The SMILES string of the molecule is O=C([C@@H]1CCCN(c2cnccn2)C1)N(Cc1cccs1)C1CC1. The van der Waals surface area contributed by atoms with E-state index in [0.29, 0.717) is 11.9 Å². The highest BCUT2D eigenvalue weighted by atomic mass is 32.1. The van der Waals surface area contributed by atoms with E-state index in [9.17, 15) is 4.79 Å². The molecular weight excluding hydrogens is 320 g/mol. The molecule has 1 saturated heterocycles. The normalized spacial score (nSPS) is 20.8. The average molecular weight is 342 g/mol. The van der Waals surface area contributed by atoms with Gasteiger partial charge >= 0.3 is 0 Å². The highest BCUT2D eigenvalue weighted by Gasteiger charge is 2.37. The Labute approximate surface area is 146 Å². The van der Waals surface area contributed by atoms with Crippen molar-refractivity contribution in [1.82, 2.24) is 14.9 Å². The Balaban J connectivity index is 1.46. The number of hydrogen-bond donors (Lipinski definition) is 0. The highest BCUT2D eigenvalue weighted by molar-refractivity contribution is 7.09. The van der Waals surface area contributed by atoms with Crippen LogP contribution >= 0.6 is 11.3 Å². The van der Waals surface area contributed by atoms with Gasteiger partial charge in [-0.3, -0.25) is 9.78 Å². The van der Waals surface area contributed by atoms with Gasteiger partial charge in [0, 0.05) is 36.4 Å². The maximum absolute atomic E-state index is 13.2. The molecule has 1 aliphatic heterocycles. The molecular formula is C18H22N4OS. The average Bonchev–Trinajstić information content (AvgIpc) is 3.36. The van der Waals surface area contributed by atoms with E-state index < -0.39 is 0 Å². The van der Waals surface area contributed by atoms with Crippen LogP contribution in [0.15, 0.2) is 36.1 Å². The van der Waals surface area contributed by atoms with Crippen LogP contribution < -0.4 is 4.90 Å². The molecule has 126 valence electrons. The molecule has 1 amide bonds. The third-order valence-corrected chi connectivity index (χ3v) is 5.68. The highest BCUT2D eigenvalue weighted by Crippen LogP contribution is 2.32. The number of carbonyl (C=O) groups is 1. The molecule has 0 aromatic carbocycles. The van der Waals surface area contributed by atoms with Gasteiger partial charge in [-0.25, -0.2) is 4.98 Å². The van der Waals surface area contributed by atoms with E-state index >= 15 is 0 Å². The van der Waals surface area contributed by atoms with Gasteiger partial charge < -0.3 is 9.80 Å². The minimum Gasteiger partial charge on any atom is -0.355 e. The summed E-state index contributed by atoms with van der Waals surface area (Å²) in [6, 6.07) is 4.64. The Kier molecular flexibility index (Phi) is 4.47. The Morgan fingerprint density at radius 2 is 2.25 bits per heavy atom. The number of thiophene rings is 1. The molecule has 0 bridgehead atoms. The molecule has 2 fully saturated rings. The summed E-state index contributed by atoms with van der Waals surface area (Å²) in [6.45, 7) is 2.48. The second kappa shape index (κ2) is 6.89. The summed E-state index contributed by atoms with van der Waals surface area (Å²) in [5.41, 5.74) is 0. The molecule has 0 spiro atoms. The van der Waals surface area contributed by atoms with Crippen LogP contribution in [0.1, 0.15) is 30.6 Å². The molecule has 5 nitrogen and oxygen atoms in total. The number of amides is 1. The second-order valence-electron chi connectivity index (χ2n) is 6.63. The fourth-order valence-corrected chi connectivity index (χ4v) is 4.12. The van der Waals surface area contributed by atoms with E-state index in [1.54, 1.807) is 29.9 Å². The zero-order valence-corrected chi connectivity index (χ0v) is 14.5. The molecule has 1 atom stereocenters. The Morgan fingerprint density at radius 1 is 1.33 bits per heavy atom. The predicted molar refractivity (Wildman–Crippen MR) is 94.9 cm³/mol. The molecule has 0 N–H and O–H groups in total. The lowest BCUT2D eigenvalue weighted by molar-refractivity contribution is -0.137. The van der Waals surface area contributed by atoms with Crippen LogP contribution in [0.4, 0.5) is 5.82 Å². The van der Waals surface area contributed by atoms with Crippen LogP contribution in [0.3, 0.4) is 0 Å². The van der Waals surface area contributed by atoms with Crippen LogP contribution in [0.2, 0.25) is 0 Å². The molecule has 4 rings (SSSR count). The summed E-state index contributed by atoms with van der Waals surface area (Å²) in [6.07, 6.45) is 9.50. The van der Waals surface area contributed by atoms with Crippen LogP contribution in [0.5, 0.6) is 0 Å². The predicted octanol–water partition coefficient (Wildman–Crippen LogP) is 2.95. The van der Waals surface area contributed by atoms with E-state index in [1.807, 2.05) is 0 Å². The van der Waals surface area contributed by atoms with Crippen molar-refractivity contribution in [3.63, 3.8) is 0 Å². The number of nitrogens with zero attached hydrogens (tertiary/aromatic N) is 4. The molecule has 1 saturated carbocycles. The van der Waals surface area contributed by atoms with E-state index in [2.05, 4.69) is 37.3 Å². The number of piperidine rings is 1. The summed E-state index contributed by atoms with van der Waals surface area (Å²) in [5.74, 6) is 1.27. The smallest absolute Gasteiger partial charge is 0.228 e. The number of aromatic nitrogens is 2. The number of carbonyl (C=O) groups excluding carboxylic acids is 1. The first-order valence-electron chi connectivity index (χ1n) is 8.65. The quantitative estimate of drug-likeness (QED) is 0.838. The van der Waals surface area contributed by atoms with E-state index in [4.69, 9.17) is 0 Å². The largest absolute Gasteiger partial charge is 0.355 e. The van der Waals surface area contributed by atoms with Crippen molar-refractivity contribution in [2.45, 2.75) is 38.3 Å². The van der Waals surface area contributed by atoms with Crippen LogP contribution in [0.25, 0.3) is 0 Å². The monoisotopic (exact) mass is 342 g/mol. The van der Waals surface area contributed by atoms with Gasteiger partial charge in [0.1, 0.15) is 5.82 Å². The molecule has 24 heavy (non-hydrogen) atoms. The van der Waals surface area contributed by atoms with Crippen LogP contribution in [-0.2, 0) is 11.3 Å². The lowest BCUT2D eigenvalue weighted by Crippen LogP contribution is -2.45. The summed E-state index contributed by atoms with van der Waals surface area (Å²) < 4.78 is 0. The van der Waals surface area contributed by atoms with E-state index in [0.717, 1.165) is 51.1 Å². The maximum atomic E-state index is 13.2. The zero-order chi connectivity index (χ0) is 16.4. The minimum absolute atomic E-state index is 0.0707. The fraction of sp³-hybridized carbons (Fsp3) is 0.500. The Hall–Kier alpha value is -1.95. The third-order valence-electron chi connectivity index (χ3n) is 4.82. The maximum Gasteiger partial charge on any atom is 0.228 e. The van der Waals surface area contributed by atoms with Crippen molar-refractivity contribution in [2.75, 3.05) is 18.0 Å². The van der Waals surface area contributed by atoms with E-state index in [1.165, 1.54) is 4.88 Å². The topological polar surface area (TPSA) is 49.3 Å². The van der Waals surface area contributed by atoms with Crippen molar-refractivity contribution >= 4 is 23.1 Å². The molecule has 1 aliphatic carbocycles. The lowest BCUT2D eigenvalue weighted by Gasteiger charge is -2.35. The zero-order valence-electron chi connectivity index (χ0n) is 13.7. The summed E-state index contributed by atoms with van der Waals surface area (Å²) >= 11 is 1.74. The van der Waals surface area contributed by atoms with Gasteiger partial charge in [-0.15, -0.1) is 11.3 Å². The minimum atomic E-state index is 0.0707. The molecule has 2 aromatic heterocycles. The van der Waals surface area contributed by atoms with Crippen molar-refractivity contribution in [3.8, 4) is 0 Å². The first-order valence-corrected chi connectivity index (χ1v) is 9.53. The summed E-state index contributed by atoms with van der Waals surface area (Å²) in [5, 5.41) is 2.08. The number of anilines is 1. The summed E-state index contributed by atoms with van der Waals surface area (Å²) in [4.78, 5) is 27.3. The Morgan fingerprint density at radius 3 is 2.96 bits per heavy atom. The summed E-state index contributed by atoms with van der Waals surface area (Å²) in [7, 11) is 0. The standard InChI is InChI=1S/C18H22N4OS/c23-18(22(15-5-6-15)13-16-4-2-10-24-16)14-3-1-9-21(12-14)17-11-19-7-8-20-17/h2,4,7-8,10-11,14-15H,1,3,5-6,9,12-13H2/t14-/m1/s1. The Bertz CT molecular complexity index is 672. The van der Waals surface area contributed by atoms with Gasteiger partial charge in [0.25, 0.3) is 0 Å². The molecule has 2 aromatic rings. The second-order valence-corrected chi connectivity index (χ2v) is 7.66. The lowest BCUT2D eigenvalue weighted by atomic mass is 9.96.